The van der Waals surface area contributed by atoms with Crippen LogP contribution in [0.5, 0.6) is 0 Å². The molecule has 4 rings (SSSR count). The van der Waals surface area contributed by atoms with Gasteiger partial charge in [0.25, 0.3) is 0 Å². The van der Waals surface area contributed by atoms with Crippen molar-refractivity contribution in [1.29, 1.82) is 0 Å². The molecule has 2 aromatic rings. The van der Waals surface area contributed by atoms with Crippen LogP contribution in [0.3, 0.4) is 0 Å². The van der Waals surface area contributed by atoms with Crippen molar-refractivity contribution in [2.45, 2.75) is 12.1 Å². The van der Waals surface area contributed by atoms with Crippen LogP contribution in [0.15, 0.2) is 59.1 Å². The lowest BCUT2D eigenvalue weighted by atomic mass is 9.86. The van der Waals surface area contributed by atoms with Crippen molar-refractivity contribution >= 4 is 39.4 Å². The molecule has 2 saturated heterocycles. The molecule has 0 spiro atoms. The Morgan fingerprint density at radius 2 is 1.63 bits per heavy atom. The number of hydrogen-bond acceptors (Lipinski definition) is 5. The van der Waals surface area contributed by atoms with E-state index in [1.54, 1.807) is 24.3 Å². The Balaban J connectivity index is 1.77. The van der Waals surface area contributed by atoms with Gasteiger partial charge in [0.1, 0.15) is 6.04 Å². The highest BCUT2D eigenvalue weighted by Gasteiger charge is 2.61. The summed E-state index contributed by atoms with van der Waals surface area (Å²) in [4.78, 5) is 39.8. The van der Waals surface area contributed by atoms with Crippen molar-refractivity contribution in [1.82, 2.24) is 5.32 Å². The first-order valence-electron chi connectivity index (χ1n) is 8.55. The highest BCUT2D eigenvalue weighted by molar-refractivity contribution is 9.10. The van der Waals surface area contributed by atoms with E-state index >= 15 is 0 Å². The molecule has 0 radical (unpaired) electrons. The predicted molar refractivity (Wildman–Crippen MR) is 102 cm³/mol. The third kappa shape index (κ3) is 2.87. The predicted octanol–water partition coefficient (Wildman–Crippen LogP) is 2.44. The zero-order valence-corrected chi connectivity index (χ0v) is 16.0. The van der Waals surface area contributed by atoms with Gasteiger partial charge >= 0.3 is 5.97 Å². The van der Waals surface area contributed by atoms with E-state index in [2.05, 4.69) is 21.2 Å². The second-order valence-corrected chi connectivity index (χ2v) is 7.51. The summed E-state index contributed by atoms with van der Waals surface area (Å²) in [5.74, 6) is -2.68. The summed E-state index contributed by atoms with van der Waals surface area (Å²) in [6, 6.07) is 15.0. The lowest BCUT2D eigenvalue weighted by Crippen LogP contribution is -2.43. The molecule has 0 bridgehead atoms. The van der Waals surface area contributed by atoms with Crippen LogP contribution < -0.4 is 10.2 Å². The third-order valence-electron chi connectivity index (χ3n) is 5.17. The standard InChI is InChI=1S/C20H17BrN2O4/c1-27-20(26)17-15-14(16(22-17)11-7-9-12(21)10-8-11)18(24)23(19(15)25)13-5-3-2-4-6-13/h2-10,14-17,22H,1H3/t14-,15+,16-,17-/m1/s1. The van der Waals surface area contributed by atoms with Crippen LogP contribution in [0.2, 0.25) is 0 Å². The van der Waals surface area contributed by atoms with Crippen LogP contribution in [0.1, 0.15) is 11.6 Å². The van der Waals surface area contributed by atoms with Gasteiger partial charge in [-0.15, -0.1) is 0 Å². The van der Waals surface area contributed by atoms with Crippen LogP contribution in [-0.2, 0) is 19.1 Å². The van der Waals surface area contributed by atoms with Gasteiger partial charge in [0.15, 0.2) is 0 Å². The van der Waals surface area contributed by atoms with E-state index in [-0.39, 0.29) is 11.8 Å². The number of esters is 1. The van der Waals surface area contributed by atoms with Crippen molar-refractivity contribution in [2.24, 2.45) is 11.8 Å². The topological polar surface area (TPSA) is 75.7 Å². The van der Waals surface area contributed by atoms with E-state index in [1.807, 2.05) is 30.3 Å². The van der Waals surface area contributed by atoms with Gasteiger partial charge in [-0.05, 0) is 29.8 Å². The van der Waals surface area contributed by atoms with Crippen molar-refractivity contribution in [3.8, 4) is 0 Å². The number of para-hydroxylation sites is 1. The van der Waals surface area contributed by atoms with Crippen molar-refractivity contribution < 1.29 is 19.1 Å². The maximum absolute atomic E-state index is 13.2. The maximum atomic E-state index is 13.2. The molecule has 6 nitrogen and oxygen atoms in total. The van der Waals surface area contributed by atoms with Gasteiger partial charge in [-0.1, -0.05) is 46.3 Å². The lowest BCUT2D eigenvalue weighted by molar-refractivity contribution is -0.145. The summed E-state index contributed by atoms with van der Waals surface area (Å²) >= 11 is 3.39. The Hall–Kier alpha value is -2.51. The molecule has 2 aliphatic rings. The Kier molecular flexibility index (Phi) is 4.57. The Bertz CT molecular complexity index is 900. The molecule has 4 atom stereocenters. The molecule has 2 amide bonds. The molecule has 0 aromatic heterocycles. The van der Waals surface area contributed by atoms with Crippen molar-refractivity contribution in [3.63, 3.8) is 0 Å². The van der Waals surface area contributed by atoms with Gasteiger partial charge in [0.05, 0.1) is 24.6 Å². The summed E-state index contributed by atoms with van der Waals surface area (Å²) in [6.07, 6.45) is 0. The molecular formula is C20H17BrN2O4. The number of rotatable bonds is 3. The minimum Gasteiger partial charge on any atom is -0.468 e. The fourth-order valence-corrected chi connectivity index (χ4v) is 4.23. The molecule has 1 N–H and O–H groups in total. The Morgan fingerprint density at radius 3 is 2.26 bits per heavy atom. The molecule has 2 fully saturated rings. The number of nitrogens with zero attached hydrogens (tertiary/aromatic N) is 1. The van der Waals surface area contributed by atoms with E-state index in [0.717, 1.165) is 10.0 Å². The number of carbonyl (C=O) groups excluding carboxylic acids is 3. The lowest BCUT2D eigenvalue weighted by Gasteiger charge is -2.22. The molecule has 7 heteroatoms. The molecule has 0 saturated carbocycles. The first-order chi connectivity index (χ1) is 13.0. The van der Waals surface area contributed by atoms with Crippen molar-refractivity contribution in [2.75, 3.05) is 12.0 Å². The average molecular weight is 429 g/mol. The van der Waals surface area contributed by atoms with E-state index in [1.165, 1.54) is 12.0 Å². The highest BCUT2D eigenvalue weighted by Crippen LogP contribution is 2.45. The van der Waals surface area contributed by atoms with Gasteiger partial charge in [-0.3, -0.25) is 19.7 Å². The van der Waals surface area contributed by atoms with Crippen LogP contribution in [0, 0.1) is 11.8 Å². The van der Waals surface area contributed by atoms with E-state index in [9.17, 15) is 14.4 Å². The number of halogens is 1. The number of anilines is 1. The molecule has 0 unspecified atom stereocenters. The molecule has 27 heavy (non-hydrogen) atoms. The summed E-state index contributed by atoms with van der Waals surface area (Å²) in [6.45, 7) is 0. The Labute approximate surface area is 164 Å². The largest absolute Gasteiger partial charge is 0.468 e. The number of fused-ring (bicyclic) bond motifs is 1. The number of benzene rings is 2. The second kappa shape index (κ2) is 6.90. The number of ether oxygens (including phenoxy) is 1. The minimum absolute atomic E-state index is 0.303. The summed E-state index contributed by atoms with van der Waals surface area (Å²) in [7, 11) is 1.28. The van der Waals surface area contributed by atoms with Gasteiger partial charge in [-0.25, -0.2) is 4.90 Å². The third-order valence-corrected chi connectivity index (χ3v) is 5.70. The number of carbonyl (C=O) groups is 3. The average Bonchev–Trinajstić information content (AvgIpc) is 3.20. The number of amides is 2. The molecule has 0 aliphatic carbocycles. The normalized spacial score (nSPS) is 27.0. The van der Waals surface area contributed by atoms with Gasteiger partial charge in [0.2, 0.25) is 11.8 Å². The summed E-state index contributed by atoms with van der Waals surface area (Å²) in [5.41, 5.74) is 1.36. The highest BCUT2D eigenvalue weighted by atomic mass is 79.9. The van der Waals surface area contributed by atoms with E-state index < -0.39 is 29.9 Å². The SMILES string of the molecule is COC(=O)[C@@H]1N[C@H](c2ccc(Br)cc2)[C@@H]2C(=O)N(c3ccccc3)C(=O)[C@@H]21. The molecule has 2 heterocycles. The van der Waals surface area contributed by atoms with E-state index in [0.29, 0.717) is 5.69 Å². The molecule has 138 valence electrons. The van der Waals surface area contributed by atoms with Crippen LogP contribution >= 0.6 is 15.9 Å². The first kappa shape index (κ1) is 17.9. The van der Waals surface area contributed by atoms with Crippen LogP contribution in [0.4, 0.5) is 5.69 Å². The van der Waals surface area contributed by atoms with E-state index in [4.69, 9.17) is 4.74 Å². The fraction of sp³-hybridized carbons (Fsp3) is 0.250. The molecular weight excluding hydrogens is 412 g/mol. The smallest absolute Gasteiger partial charge is 0.323 e. The van der Waals surface area contributed by atoms with Crippen molar-refractivity contribution in [3.05, 3.63) is 64.6 Å². The number of methoxy groups -OCH3 is 1. The zero-order chi connectivity index (χ0) is 19.1. The van der Waals surface area contributed by atoms with Crippen LogP contribution in [-0.4, -0.2) is 30.9 Å². The fourth-order valence-electron chi connectivity index (χ4n) is 3.96. The van der Waals surface area contributed by atoms with Crippen LogP contribution in [0.25, 0.3) is 0 Å². The monoisotopic (exact) mass is 428 g/mol. The minimum atomic E-state index is -0.862. The quantitative estimate of drug-likeness (QED) is 0.600. The number of hydrogen-bond donors (Lipinski definition) is 1. The van der Waals surface area contributed by atoms with Gasteiger partial charge in [0, 0.05) is 10.5 Å². The van der Waals surface area contributed by atoms with Gasteiger partial charge in [-0.2, -0.15) is 0 Å². The molecule has 2 aromatic carbocycles. The zero-order valence-electron chi connectivity index (χ0n) is 14.5. The number of imide groups is 1. The Morgan fingerprint density at radius 1 is 1.00 bits per heavy atom. The second-order valence-electron chi connectivity index (χ2n) is 6.60. The summed E-state index contributed by atoms with van der Waals surface area (Å²) < 4.78 is 5.79. The van der Waals surface area contributed by atoms with Gasteiger partial charge < -0.3 is 4.74 Å². The number of nitrogens with one attached hydrogen (secondary N) is 1. The summed E-state index contributed by atoms with van der Waals surface area (Å²) in [5, 5.41) is 3.15. The first-order valence-corrected chi connectivity index (χ1v) is 9.34. The molecule has 2 aliphatic heterocycles. The maximum Gasteiger partial charge on any atom is 0.323 e.